The summed E-state index contributed by atoms with van der Waals surface area (Å²) >= 11 is 7.45. The van der Waals surface area contributed by atoms with Crippen molar-refractivity contribution in [1.82, 2.24) is 25.5 Å². The van der Waals surface area contributed by atoms with Crippen molar-refractivity contribution in [2.24, 2.45) is 0 Å². The van der Waals surface area contributed by atoms with Gasteiger partial charge in [-0.25, -0.2) is 14.8 Å². The first-order valence-electron chi connectivity index (χ1n) is 9.22. The summed E-state index contributed by atoms with van der Waals surface area (Å²) in [4.78, 5) is 36.7. The Morgan fingerprint density at radius 2 is 2.11 bits per heavy atom. The molecule has 2 aliphatic rings. The Morgan fingerprint density at radius 1 is 1.33 bits per heavy atom. The van der Waals surface area contributed by atoms with Gasteiger partial charge in [0.05, 0.1) is 5.75 Å². The van der Waals surface area contributed by atoms with Crippen molar-refractivity contribution in [2.45, 2.75) is 43.9 Å². The minimum absolute atomic E-state index is 0.00296. The van der Waals surface area contributed by atoms with Crippen molar-refractivity contribution in [1.29, 1.82) is 0 Å². The molecule has 2 fully saturated rings. The first-order valence-corrected chi connectivity index (χ1v) is 10.6. The number of hydrogen-bond donors (Lipinski definition) is 2. The fraction of sp³-hybridized carbons (Fsp3) is 0.647. The number of urea groups is 1. The molecule has 2 heterocycles. The SMILES string of the molecule is CCNC(=O)N1CCN(c2cc(Cl)nc(SCC(=O)NC3CC3)n2)C[C@H]1C. The summed E-state index contributed by atoms with van der Waals surface area (Å²) in [6.07, 6.45) is 2.13. The van der Waals surface area contributed by atoms with Gasteiger partial charge in [-0.05, 0) is 26.7 Å². The second kappa shape index (κ2) is 8.97. The number of anilines is 1. The molecule has 3 amide bonds. The molecule has 0 aromatic carbocycles. The van der Waals surface area contributed by atoms with Crippen LogP contribution in [0.25, 0.3) is 0 Å². The van der Waals surface area contributed by atoms with E-state index in [9.17, 15) is 9.59 Å². The zero-order valence-electron chi connectivity index (χ0n) is 15.6. The van der Waals surface area contributed by atoms with E-state index >= 15 is 0 Å². The molecule has 0 bridgehead atoms. The Kier molecular flexibility index (Phi) is 6.64. The van der Waals surface area contributed by atoms with Crippen molar-refractivity contribution in [3.63, 3.8) is 0 Å². The molecule has 1 aromatic rings. The van der Waals surface area contributed by atoms with Crippen LogP contribution in [0.2, 0.25) is 5.15 Å². The second-order valence-electron chi connectivity index (χ2n) is 6.79. The van der Waals surface area contributed by atoms with Gasteiger partial charge in [-0.15, -0.1) is 0 Å². The Hall–Kier alpha value is -1.74. The molecule has 1 aliphatic carbocycles. The number of nitrogens with one attached hydrogen (secondary N) is 2. The predicted molar refractivity (Wildman–Crippen MR) is 106 cm³/mol. The molecule has 148 valence electrons. The molecule has 8 nitrogen and oxygen atoms in total. The van der Waals surface area contributed by atoms with Gasteiger partial charge in [-0.3, -0.25) is 4.79 Å². The molecular weight excluding hydrogens is 388 g/mol. The second-order valence-corrected chi connectivity index (χ2v) is 8.12. The van der Waals surface area contributed by atoms with Crippen LogP contribution in [0.15, 0.2) is 11.2 Å². The molecule has 0 spiro atoms. The predicted octanol–water partition coefficient (Wildman–Crippen LogP) is 1.74. The molecule has 3 rings (SSSR count). The van der Waals surface area contributed by atoms with Gasteiger partial charge in [-0.1, -0.05) is 23.4 Å². The molecule has 1 saturated carbocycles. The Balaban J connectivity index is 1.60. The van der Waals surface area contributed by atoms with Gasteiger partial charge in [0.1, 0.15) is 11.0 Å². The maximum Gasteiger partial charge on any atom is 0.317 e. The Bertz CT molecular complexity index is 702. The van der Waals surface area contributed by atoms with E-state index in [0.29, 0.717) is 42.5 Å². The van der Waals surface area contributed by atoms with E-state index in [1.54, 1.807) is 6.07 Å². The van der Waals surface area contributed by atoms with E-state index < -0.39 is 0 Å². The van der Waals surface area contributed by atoms with E-state index in [1.807, 2.05) is 18.7 Å². The van der Waals surface area contributed by atoms with Crippen molar-refractivity contribution >= 4 is 41.1 Å². The van der Waals surface area contributed by atoms with Crippen molar-refractivity contribution in [2.75, 3.05) is 36.8 Å². The van der Waals surface area contributed by atoms with Gasteiger partial charge in [0.2, 0.25) is 5.91 Å². The first kappa shape index (κ1) is 20.0. The van der Waals surface area contributed by atoms with Crippen molar-refractivity contribution < 1.29 is 9.59 Å². The summed E-state index contributed by atoms with van der Waals surface area (Å²) in [5, 5.41) is 6.63. The number of hydrogen-bond acceptors (Lipinski definition) is 6. The Morgan fingerprint density at radius 3 is 2.78 bits per heavy atom. The zero-order chi connectivity index (χ0) is 19.4. The molecule has 10 heteroatoms. The third kappa shape index (κ3) is 5.62. The molecule has 1 aromatic heterocycles. The minimum Gasteiger partial charge on any atom is -0.353 e. The molecule has 27 heavy (non-hydrogen) atoms. The maximum absolute atomic E-state index is 12.1. The number of aromatic nitrogens is 2. The number of carbonyl (C=O) groups is 2. The van der Waals surface area contributed by atoms with Crippen LogP contribution >= 0.6 is 23.4 Å². The molecule has 1 aliphatic heterocycles. The maximum atomic E-state index is 12.1. The number of nitrogens with zero attached hydrogens (tertiary/aromatic N) is 4. The van der Waals surface area contributed by atoms with E-state index in [2.05, 4.69) is 25.5 Å². The summed E-state index contributed by atoms with van der Waals surface area (Å²) in [5.74, 6) is 0.997. The van der Waals surface area contributed by atoms with Crippen LogP contribution in [0, 0.1) is 0 Å². The number of piperazine rings is 1. The molecule has 2 N–H and O–H groups in total. The highest BCUT2D eigenvalue weighted by atomic mass is 35.5. The monoisotopic (exact) mass is 412 g/mol. The lowest BCUT2D eigenvalue weighted by atomic mass is 10.2. The minimum atomic E-state index is -0.0386. The highest BCUT2D eigenvalue weighted by molar-refractivity contribution is 7.99. The fourth-order valence-corrected chi connectivity index (χ4v) is 3.85. The van der Waals surface area contributed by atoms with Gasteiger partial charge >= 0.3 is 6.03 Å². The van der Waals surface area contributed by atoms with E-state index in [1.165, 1.54) is 11.8 Å². The number of thioether (sulfide) groups is 1. The third-order valence-electron chi connectivity index (χ3n) is 4.48. The fourth-order valence-electron chi connectivity index (χ4n) is 2.96. The van der Waals surface area contributed by atoms with E-state index in [4.69, 9.17) is 11.6 Å². The van der Waals surface area contributed by atoms with Gasteiger partial charge in [0, 0.05) is 44.3 Å². The average Bonchev–Trinajstić information content (AvgIpc) is 3.43. The van der Waals surface area contributed by atoms with Gasteiger partial charge in [-0.2, -0.15) is 0 Å². The number of carbonyl (C=O) groups excluding carboxylic acids is 2. The normalized spacial score (nSPS) is 19.7. The smallest absolute Gasteiger partial charge is 0.317 e. The first-order chi connectivity index (χ1) is 13.0. The number of amides is 3. The third-order valence-corrected chi connectivity index (χ3v) is 5.52. The summed E-state index contributed by atoms with van der Waals surface area (Å²) in [5.41, 5.74) is 0. The zero-order valence-corrected chi connectivity index (χ0v) is 17.1. The van der Waals surface area contributed by atoms with E-state index in [0.717, 1.165) is 18.7 Å². The number of halogens is 1. The van der Waals surface area contributed by atoms with Gasteiger partial charge in [0.15, 0.2) is 5.16 Å². The lowest BCUT2D eigenvalue weighted by Gasteiger charge is -2.40. The van der Waals surface area contributed by atoms with Crippen LogP contribution in [0.5, 0.6) is 0 Å². The van der Waals surface area contributed by atoms with Crippen molar-refractivity contribution in [3.8, 4) is 0 Å². The van der Waals surface area contributed by atoms with E-state index in [-0.39, 0.29) is 23.7 Å². The lowest BCUT2D eigenvalue weighted by molar-refractivity contribution is -0.118. The topological polar surface area (TPSA) is 90.5 Å². The van der Waals surface area contributed by atoms with Crippen LogP contribution < -0.4 is 15.5 Å². The summed E-state index contributed by atoms with van der Waals surface area (Å²) in [7, 11) is 0. The lowest BCUT2D eigenvalue weighted by Crippen LogP contribution is -2.56. The van der Waals surface area contributed by atoms with Crippen molar-refractivity contribution in [3.05, 3.63) is 11.2 Å². The highest BCUT2D eigenvalue weighted by Gasteiger charge is 2.28. The van der Waals surface area contributed by atoms with Crippen LogP contribution in [0.3, 0.4) is 0 Å². The van der Waals surface area contributed by atoms with Crippen LogP contribution in [-0.4, -0.2) is 70.8 Å². The van der Waals surface area contributed by atoms with Crippen LogP contribution in [0.4, 0.5) is 10.6 Å². The van der Waals surface area contributed by atoms with Gasteiger partial charge < -0.3 is 20.4 Å². The number of rotatable bonds is 6. The highest BCUT2D eigenvalue weighted by Crippen LogP contribution is 2.24. The summed E-state index contributed by atoms with van der Waals surface area (Å²) < 4.78 is 0. The largest absolute Gasteiger partial charge is 0.353 e. The van der Waals surface area contributed by atoms with Crippen LogP contribution in [-0.2, 0) is 4.79 Å². The molecule has 0 unspecified atom stereocenters. The molecule has 1 atom stereocenters. The van der Waals surface area contributed by atoms with Gasteiger partial charge in [0.25, 0.3) is 0 Å². The molecule has 0 radical (unpaired) electrons. The summed E-state index contributed by atoms with van der Waals surface area (Å²) in [6.45, 7) is 6.48. The quantitative estimate of drug-likeness (QED) is 0.420. The average molecular weight is 413 g/mol. The van der Waals surface area contributed by atoms with Crippen LogP contribution in [0.1, 0.15) is 26.7 Å². The standard InChI is InChI=1S/C17H25ClN6O2S/c1-3-19-17(26)24-7-6-23(9-11(24)2)14-8-13(18)21-16(22-14)27-10-15(25)20-12-4-5-12/h8,11-12H,3-7,9-10H2,1-2H3,(H,19,26)(H,20,25)/t11-/m1/s1. The Labute approximate surface area is 168 Å². The molecule has 1 saturated heterocycles. The summed E-state index contributed by atoms with van der Waals surface area (Å²) in [6, 6.07) is 2.09. The molecular formula is C17H25ClN6O2S.